The largest absolute Gasteiger partial charge is 0.460 e. The van der Waals surface area contributed by atoms with Gasteiger partial charge in [0.1, 0.15) is 12.7 Å². The molecular weight excluding hydrogens is 248 g/mol. The van der Waals surface area contributed by atoms with Crippen LogP contribution in [0.5, 0.6) is 0 Å². The summed E-state index contributed by atoms with van der Waals surface area (Å²) in [5, 5.41) is 8.93. The van der Waals surface area contributed by atoms with E-state index in [2.05, 4.69) is 16.9 Å². The first-order chi connectivity index (χ1) is 9.04. The predicted octanol–water partition coefficient (Wildman–Crippen LogP) is 0.974. The fourth-order valence-corrected chi connectivity index (χ4v) is 2.44. The standard InChI is InChI=1S/C14H18O5/c1-9(15)8-18-13(16)4-5-14(17)19-12-7-10-2-3-11(12)6-10/h2-5,9-12,15H,6-8H2,1H3/b5-4+. The van der Waals surface area contributed by atoms with Crippen molar-refractivity contribution in [3.8, 4) is 0 Å². The molecule has 2 aliphatic carbocycles. The fourth-order valence-electron chi connectivity index (χ4n) is 2.44. The zero-order valence-electron chi connectivity index (χ0n) is 10.8. The maximum Gasteiger partial charge on any atom is 0.331 e. The molecular formula is C14H18O5. The molecule has 19 heavy (non-hydrogen) atoms. The van der Waals surface area contributed by atoms with Gasteiger partial charge in [-0.25, -0.2) is 9.59 Å². The van der Waals surface area contributed by atoms with Gasteiger partial charge in [-0.2, -0.15) is 0 Å². The van der Waals surface area contributed by atoms with Crippen LogP contribution in [0.2, 0.25) is 0 Å². The van der Waals surface area contributed by atoms with Gasteiger partial charge >= 0.3 is 11.9 Å². The molecule has 4 atom stereocenters. The first-order valence-electron chi connectivity index (χ1n) is 6.46. The summed E-state index contributed by atoms with van der Waals surface area (Å²) >= 11 is 0. The Balaban J connectivity index is 1.72. The summed E-state index contributed by atoms with van der Waals surface area (Å²) in [5.74, 6) is -0.335. The van der Waals surface area contributed by atoms with E-state index in [1.165, 1.54) is 6.92 Å². The molecule has 0 aromatic carbocycles. The summed E-state index contributed by atoms with van der Waals surface area (Å²) in [6, 6.07) is 0. The molecule has 5 nitrogen and oxygen atoms in total. The van der Waals surface area contributed by atoms with E-state index in [4.69, 9.17) is 9.84 Å². The zero-order valence-corrected chi connectivity index (χ0v) is 10.8. The molecule has 2 bridgehead atoms. The lowest BCUT2D eigenvalue weighted by Crippen LogP contribution is -2.21. The smallest absolute Gasteiger partial charge is 0.331 e. The average molecular weight is 266 g/mol. The number of aliphatic hydroxyl groups is 1. The Kier molecular flexibility index (Phi) is 4.37. The SMILES string of the molecule is CC(O)COC(=O)/C=C/C(=O)OC1CC2C=CC1C2. The van der Waals surface area contributed by atoms with Crippen LogP contribution in [0, 0.1) is 11.8 Å². The van der Waals surface area contributed by atoms with Gasteiger partial charge in [-0.3, -0.25) is 0 Å². The summed E-state index contributed by atoms with van der Waals surface area (Å²) in [7, 11) is 0. The van der Waals surface area contributed by atoms with Crippen LogP contribution in [-0.2, 0) is 19.1 Å². The van der Waals surface area contributed by atoms with Gasteiger partial charge in [-0.15, -0.1) is 0 Å². The van der Waals surface area contributed by atoms with Crippen molar-refractivity contribution in [3.63, 3.8) is 0 Å². The van der Waals surface area contributed by atoms with Crippen molar-refractivity contribution in [2.75, 3.05) is 6.61 Å². The van der Waals surface area contributed by atoms with Crippen LogP contribution in [0.15, 0.2) is 24.3 Å². The van der Waals surface area contributed by atoms with E-state index in [0.717, 1.165) is 25.0 Å². The Bertz CT molecular complexity index is 410. The zero-order chi connectivity index (χ0) is 13.8. The van der Waals surface area contributed by atoms with Crippen LogP contribution in [-0.4, -0.2) is 35.9 Å². The van der Waals surface area contributed by atoms with Gasteiger partial charge < -0.3 is 14.6 Å². The van der Waals surface area contributed by atoms with Gasteiger partial charge in [0, 0.05) is 18.1 Å². The highest BCUT2D eigenvalue weighted by Gasteiger charge is 2.37. The topological polar surface area (TPSA) is 72.8 Å². The number of esters is 2. The van der Waals surface area contributed by atoms with E-state index < -0.39 is 18.0 Å². The third-order valence-electron chi connectivity index (χ3n) is 3.31. The Morgan fingerprint density at radius 1 is 1.32 bits per heavy atom. The predicted molar refractivity (Wildman–Crippen MR) is 67.0 cm³/mol. The number of aliphatic hydroxyl groups excluding tert-OH is 1. The average Bonchev–Trinajstić information content (AvgIpc) is 2.96. The highest BCUT2D eigenvalue weighted by Crippen LogP contribution is 2.40. The summed E-state index contributed by atoms with van der Waals surface area (Å²) in [6.07, 6.45) is 7.48. The van der Waals surface area contributed by atoms with Crippen molar-refractivity contribution in [3.05, 3.63) is 24.3 Å². The number of hydrogen-bond donors (Lipinski definition) is 1. The van der Waals surface area contributed by atoms with E-state index >= 15 is 0 Å². The lowest BCUT2D eigenvalue weighted by Gasteiger charge is -2.17. The summed E-state index contributed by atoms with van der Waals surface area (Å²) < 4.78 is 9.97. The van der Waals surface area contributed by atoms with Crippen LogP contribution in [0.25, 0.3) is 0 Å². The molecule has 2 aliphatic rings. The van der Waals surface area contributed by atoms with Gasteiger partial charge in [0.15, 0.2) is 0 Å². The quantitative estimate of drug-likeness (QED) is 0.456. The molecule has 4 unspecified atom stereocenters. The van der Waals surface area contributed by atoms with E-state index in [0.29, 0.717) is 11.8 Å². The minimum Gasteiger partial charge on any atom is -0.460 e. The second-order valence-corrected chi connectivity index (χ2v) is 5.07. The van der Waals surface area contributed by atoms with Crippen molar-refractivity contribution in [2.45, 2.75) is 32.0 Å². The van der Waals surface area contributed by atoms with Gasteiger partial charge in [-0.05, 0) is 25.7 Å². The number of fused-ring (bicyclic) bond motifs is 2. The Morgan fingerprint density at radius 3 is 2.63 bits per heavy atom. The lowest BCUT2D eigenvalue weighted by molar-refractivity contribution is -0.145. The van der Waals surface area contributed by atoms with Crippen LogP contribution in [0.1, 0.15) is 19.8 Å². The Hall–Kier alpha value is -1.62. The van der Waals surface area contributed by atoms with E-state index in [1.807, 2.05) is 0 Å². The van der Waals surface area contributed by atoms with Gasteiger partial charge in [0.05, 0.1) is 6.10 Å². The van der Waals surface area contributed by atoms with Crippen molar-refractivity contribution in [2.24, 2.45) is 11.8 Å². The monoisotopic (exact) mass is 266 g/mol. The van der Waals surface area contributed by atoms with Crippen LogP contribution >= 0.6 is 0 Å². The number of hydrogen-bond acceptors (Lipinski definition) is 5. The van der Waals surface area contributed by atoms with Gasteiger partial charge in [-0.1, -0.05) is 12.2 Å². The molecule has 2 rings (SSSR count). The first-order valence-corrected chi connectivity index (χ1v) is 6.46. The molecule has 0 radical (unpaired) electrons. The number of ether oxygens (including phenoxy) is 2. The molecule has 1 saturated carbocycles. The Morgan fingerprint density at radius 2 is 2.05 bits per heavy atom. The molecule has 0 spiro atoms. The third kappa shape index (κ3) is 3.92. The van der Waals surface area contributed by atoms with Crippen molar-refractivity contribution >= 4 is 11.9 Å². The molecule has 104 valence electrons. The minimum atomic E-state index is -0.717. The lowest BCUT2D eigenvalue weighted by atomic mass is 10.0. The second-order valence-electron chi connectivity index (χ2n) is 5.07. The first kappa shape index (κ1) is 13.8. The molecule has 1 N–H and O–H groups in total. The highest BCUT2D eigenvalue weighted by molar-refractivity contribution is 5.91. The molecule has 0 aliphatic heterocycles. The molecule has 0 aromatic rings. The van der Waals surface area contributed by atoms with Crippen LogP contribution in [0.3, 0.4) is 0 Å². The molecule has 0 saturated heterocycles. The van der Waals surface area contributed by atoms with Gasteiger partial charge in [0.2, 0.25) is 0 Å². The number of allylic oxidation sites excluding steroid dienone is 1. The summed E-state index contributed by atoms with van der Waals surface area (Å²) in [5.41, 5.74) is 0. The molecule has 0 aromatic heterocycles. The molecule has 1 fully saturated rings. The minimum absolute atomic E-state index is 0.0689. The normalized spacial score (nSPS) is 29.7. The van der Waals surface area contributed by atoms with Crippen LogP contribution < -0.4 is 0 Å². The molecule has 5 heteroatoms. The fraction of sp³-hybridized carbons (Fsp3) is 0.571. The third-order valence-corrected chi connectivity index (χ3v) is 3.31. The molecule has 0 heterocycles. The highest BCUT2D eigenvalue weighted by atomic mass is 16.5. The van der Waals surface area contributed by atoms with Crippen molar-refractivity contribution in [1.82, 2.24) is 0 Å². The van der Waals surface area contributed by atoms with Crippen molar-refractivity contribution < 1.29 is 24.2 Å². The number of carbonyl (C=O) groups is 2. The van der Waals surface area contributed by atoms with E-state index in [9.17, 15) is 9.59 Å². The second kappa shape index (κ2) is 6.02. The van der Waals surface area contributed by atoms with E-state index in [1.54, 1.807) is 0 Å². The maximum absolute atomic E-state index is 11.5. The van der Waals surface area contributed by atoms with E-state index in [-0.39, 0.29) is 12.7 Å². The number of carbonyl (C=O) groups excluding carboxylic acids is 2. The van der Waals surface area contributed by atoms with Crippen molar-refractivity contribution in [1.29, 1.82) is 0 Å². The van der Waals surface area contributed by atoms with Crippen LogP contribution in [0.4, 0.5) is 0 Å². The summed E-state index contributed by atoms with van der Waals surface area (Å²) in [4.78, 5) is 22.7. The summed E-state index contributed by atoms with van der Waals surface area (Å²) in [6.45, 7) is 1.42. The van der Waals surface area contributed by atoms with Gasteiger partial charge in [0.25, 0.3) is 0 Å². The maximum atomic E-state index is 11.5. The number of rotatable bonds is 5. The molecule has 0 amide bonds. The Labute approximate surface area is 111 Å².